The van der Waals surface area contributed by atoms with Crippen molar-refractivity contribution in [3.8, 4) is 0 Å². The van der Waals surface area contributed by atoms with E-state index in [1.54, 1.807) is 24.3 Å². The minimum absolute atomic E-state index is 0.357. The summed E-state index contributed by atoms with van der Waals surface area (Å²) in [6, 6.07) is 12.5. The Labute approximate surface area is 132 Å². The number of carbonyl (C=O) groups is 2. The van der Waals surface area contributed by atoms with Crippen LogP contribution in [-0.2, 0) is 4.74 Å². The van der Waals surface area contributed by atoms with Crippen molar-refractivity contribution < 1.29 is 14.3 Å². The molecule has 5 heteroatoms. The average molecular weight is 306 g/mol. The van der Waals surface area contributed by atoms with Crippen LogP contribution < -0.4 is 0 Å². The van der Waals surface area contributed by atoms with E-state index in [4.69, 9.17) is 0 Å². The van der Waals surface area contributed by atoms with E-state index in [1.165, 1.54) is 7.11 Å². The fourth-order valence-electron chi connectivity index (χ4n) is 2.28. The van der Waals surface area contributed by atoms with Crippen molar-refractivity contribution in [3.05, 3.63) is 64.8 Å². The number of aromatic amines is 1. The van der Waals surface area contributed by atoms with E-state index in [-0.39, 0.29) is 5.97 Å². The molecule has 0 unspecified atom stereocenters. The van der Waals surface area contributed by atoms with Crippen LogP contribution in [0.15, 0.2) is 42.5 Å². The van der Waals surface area contributed by atoms with Crippen LogP contribution in [0.5, 0.6) is 0 Å². The maximum Gasteiger partial charge on any atom is 0.337 e. The standard InChI is InChI=1S/C18H14N2O3/c1-23-18(22)14-6-2-12(3-7-14)5-9-16-15-8-4-13(11-21)10-17(15)20-19-16/h2-11H,1H3,(H,19,20). The normalized spacial score (nSPS) is 11.0. The summed E-state index contributed by atoms with van der Waals surface area (Å²) in [6.45, 7) is 0. The fraction of sp³-hybridized carbons (Fsp3) is 0.0556. The van der Waals surface area contributed by atoms with Gasteiger partial charge in [0, 0.05) is 10.9 Å². The third-order valence-corrected chi connectivity index (χ3v) is 3.52. The summed E-state index contributed by atoms with van der Waals surface area (Å²) in [7, 11) is 1.36. The molecule has 0 bridgehead atoms. The first kappa shape index (κ1) is 14.7. The van der Waals surface area contributed by atoms with Gasteiger partial charge in [-0.2, -0.15) is 5.10 Å². The van der Waals surface area contributed by atoms with Crippen molar-refractivity contribution in [1.82, 2.24) is 10.2 Å². The number of aldehydes is 1. The van der Waals surface area contributed by atoms with E-state index in [0.29, 0.717) is 11.1 Å². The molecule has 0 atom stereocenters. The van der Waals surface area contributed by atoms with Gasteiger partial charge in [0.1, 0.15) is 6.29 Å². The van der Waals surface area contributed by atoms with E-state index < -0.39 is 0 Å². The van der Waals surface area contributed by atoms with Gasteiger partial charge in [0.2, 0.25) is 0 Å². The maximum absolute atomic E-state index is 11.4. The summed E-state index contributed by atoms with van der Waals surface area (Å²) >= 11 is 0. The largest absolute Gasteiger partial charge is 0.465 e. The summed E-state index contributed by atoms with van der Waals surface area (Å²) in [5.74, 6) is -0.357. The van der Waals surface area contributed by atoms with Gasteiger partial charge in [-0.15, -0.1) is 0 Å². The lowest BCUT2D eigenvalue weighted by Gasteiger charge is -1.99. The number of H-pyrrole nitrogens is 1. The van der Waals surface area contributed by atoms with Crippen molar-refractivity contribution in [2.24, 2.45) is 0 Å². The summed E-state index contributed by atoms with van der Waals surface area (Å²) in [6.07, 6.45) is 4.59. The fourth-order valence-corrected chi connectivity index (χ4v) is 2.28. The van der Waals surface area contributed by atoms with Crippen molar-refractivity contribution >= 4 is 35.3 Å². The van der Waals surface area contributed by atoms with Gasteiger partial charge >= 0.3 is 5.97 Å². The Balaban J connectivity index is 1.85. The number of fused-ring (bicyclic) bond motifs is 1. The quantitative estimate of drug-likeness (QED) is 0.593. The van der Waals surface area contributed by atoms with Crippen LogP contribution in [-0.4, -0.2) is 29.6 Å². The van der Waals surface area contributed by atoms with Crippen molar-refractivity contribution in [2.75, 3.05) is 7.11 Å². The van der Waals surface area contributed by atoms with Crippen LogP contribution in [0.1, 0.15) is 32.0 Å². The predicted molar refractivity (Wildman–Crippen MR) is 88.2 cm³/mol. The Morgan fingerprint density at radius 2 is 1.83 bits per heavy atom. The minimum atomic E-state index is -0.357. The second-order valence-electron chi connectivity index (χ2n) is 4.98. The zero-order valence-electron chi connectivity index (χ0n) is 12.4. The lowest BCUT2D eigenvalue weighted by atomic mass is 10.1. The number of hydrogen-bond donors (Lipinski definition) is 1. The molecule has 2 aromatic carbocycles. The summed E-state index contributed by atoms with van der Waals surface area (Å²) < 4.78 is 4.67. The molecule has 5 nitrogen and oxygen atoms in total. The molecule has 0 fully saturated rings. The first-order valence-corrected chi connectivity index (χ1v) is 7.01. The van der Waals surface area contributed by atoms with E-state index in [9.17, 15) is 9.59 Å². The zero-order chi connectivity index (χ0) is 16.2. The van der Waals surface area contributed by atoms with Crippen LogP contribution in [0.25, 0.3) is 23.1 Å². The number of hydrogen-bond acceptors (Lipinski definition) is 4. The first-order chi connectivity index (χ1) is 11.2. The number of nitrogens with one attached hydrogen (secondary N) is 1. The Bertz CT molecular complexity index is 892. The number of rotatable bonds is 4. The smallest absolute Gasteiger partial charge is 0.337 e. The molecule has 1 heterocycles. The van der Waals surface area contributed by atoms with Gasteiger partial charge in [0.15, 0.2) is 0 Å². The Kier molecular flexibility index (Phi) is 4.01. The van der Waals surface area contributed by atoms with Gasteiger partial charge in [-0.1, -0.05) is 24.3 Å². The van der Waals surface area contributed by atoms with E-state index in [1.807, 2.05) is 30.4 Å². The minimum Gasteiger partial charge on any atom is -0.465 e. The zero-order valence-corrected chi connectivity index (χ0v) is 12.4. The second-order valence-corrected chi connectivity index (χ2v) is 4.98. The van der Waals surface area contributed by atoms with Gasteiger partial charge in [-0.25, -0.2) is 4.79 Å². The van der Waals surface area contributed by atoms with Crippen LogP contribution in [0.3, 0.4) is 0 Å². The molecule has 3 aromatic rings. The molecule has 1 aromatic heterocycles. The average Bonchev–Trinajstić information content (AvgIpc) is 3.01. The van der Waals surface area contributed by atoms with Crippen molar-refractivity contribution in [3.63, 3.8) is 0 Å². The molecule has 0 saturated heterocycles. The summed E-state index contributed by atoms with van der Waals surface area (Å²) in [4.78, 5) is 22.2. The monoisotopic (exact) mass is 306 g/mol. The number of esters is 1. The van der Waals surface area contributed by atoms with E-state index in [0.717, 1.165) is 28.4 Å². The molecule has 23 heavy (non-hydrogen) atoms. The molecule has 0 amide bonds. The number of aromatic nitrogens is 2. The first-order valence-electron chi connectivity index (χ1n) is 7.01. The second kappa shape index (κ2) is 6.27. The Morgan fingerprint density at radius 3 is 2.52 bits per heavy atom. The number of benzene rings is 2. The van der Waals surface area contributed by atoms with Gasteiger partial charge in [0.05, 0.1) is 23.9 Å². The number of nitrogens with zero attached hydrogens (tertiary/aromatic N) is 1. The molecule has 0 aliphatic rings. The van der Waals surface area contributed by atoms with Gasteiger partial charge in [-0.05, 0) is 35.9 Å². The predicted octanol–water partition coefficient (Wildman–Crippen LogP) is 3.33. The van der Waals surface area contributed by atoms with Crippen LogP contribution in [0.4, 0.5) is 0 Å². The number of methoxy groups -OCH3 is 1. The Hall–Kier alpha value is -3.21. The summed E-state index contributed by atoms with van der Waals surface area (Å²) in [5, 5.41) is 8.10. The molecule has 0 radical (unpaired) electrons. The third-order valence-electron chi connectivity index (χ3n) is 3.52. The number of ether oxygens (including phenoxy) is 1. The molecule has 114 valence electrons. The molecular formula is C18H14N2O3. The lowest BCUT2D eigenvalue weighted by Crippen LogP contribution is -2.00. The van der Waals surface area contributed by atoms with Crippen molar-refractivity contribution in [2.45, 2.75) is 0 Å². The van der Waals surface area contributed by atoms with E-state index in [2.05, 4.69) is 14.9 Å². The molecule has 0 aliphatic carbocycles. The molecule has 0 aliphatic heterocycles. The van der Waals surface area contributed by atoms with Gasteiger partial charge in [0.25, 0.3) is 0 Å². The summed E-state index contributed by atoms with van der Waals surface area (Å²) in [5.41, 5.74) is 3.66. The highest BCUT2D eigenvalue weighted by atomic mass is 16.5. The SMILES string of the molecule is COC(=O)c1ccc(C=Cc2n[nH]c3cc(C=O)ccc23)cc1. The van der Waals surface area contributed by atoms with Crippen molar-refractivity contribution in [1.29, 1.82) is 0 Å². The van der Waals surface area contributed by atoms with Crippen LogP contribution in [0, 0.1) is 0 Å². The van der Waals surface area contributed by atoms with Crippen LogP contribution in [0.2, 0.25) is 0 Å². The highest BCUT2D eigenvalue weighted by Crippen LogP contribution is 2.19. The van der Waals surface area contributed by atoms with Crippen LogP contribution >= 0.6 is 0 Å². The van der Waals surface area contributed by atoms with Gasteiger partial charge < -0.3 is 4.74 Å². The van der Waals surface area contributed by atoms with Gasteiger partial charge in [-0.3, -0.25) is 9.89 Å². The molecule has 0 spiro atoms. The van der Waals surface area contributed by atoms with E-state index >= 15 is 0 Å². The highest BCUT2D eigenvalue weighted by Gasteiger charge is 2.05. The number of carbonyl (C=O) groups excluding carboxylic acids is 2. The third kappa shape index (κ3) is 3.03. The molecular weight excluding hydrogens is 292 g/mol. The topological polar surface area (TPSA) is 72.0 Å². The lowest BCUT2D eigenvalue weighted by molar-refractivity contribution is 0.0600. The Morgan fingerprint density at radius 1 is 1.09 bits per heavy atom. The molecule has 1 N–H and O–H groups in total. The molecule has 3 rings (SSSR count). The maximum atomic E-state index is 11.4. The molecule has 0 saturated carbocycles. The highest BCUT2D eigenvalue weighted by molar-refractivity contribution is 5.93.